The summed E-state index contributed by atoms with van der Waals surface area (Å²) in [4.78, 5) is 34.5. The normalized spacial score (nSPS) is 11.1. The van der Waals surface area contributed by atoms with Crippen LogP contribution in [0.1, 0.15) is 32.8 Å². The van der Waals surface area contributed by atoms with Crippen LogP contribution >= 0.6 is 0 Å². The first-order valence-corrected chi connectivity index (χ1v) is 9.97. The molecule has 7 heteroatoms. The van der Waals surface area contributed by atoms with Gasteiger partial charge in [-0.15, -0.1) is 0 Å². The van der Waals surface area contributed by atoms with E-state index in [-0.39, 0.29) is 18.4 Å². The maximum absolute atomic E-state index is 12.4. The average Bonchev–Trinajstić information content (AvgIpc) is 2.68. The highest BCUT2D eigenvalue weighted by molar-refractivity contribution is 5.86. The molecule has 1 rings (SSSR count). The van der Waals surface area contributed by atoms with Crippen LogP contribution < -0.4 is 5.32 Å². The second-order valence-electron chi connectivity index (χ2n) is 6.64. The maximum Gasteiger partial charge on any atom is 0.242 e. The number of guanidine groups is 1. The van der Waals surface area contributed by atoms with Crippen molar-refractivity contribution < 1.29 is 9.59 Å². The van der Waals surface area contributed by atoms with Gasteiger partial charge in [0.1, 0.15) is 0 Å². The Kier molecular flexibility index (Phi) is 10.7. The summed E-state index contributed by atoms with van der Waals surface area (Å²) in [5.74, 6) is 0.753. The van der Waals surface area contributed by atoms with Gasteiger partial charge in [0.05, 0.1) is 13.1 Å². The molecule has 156 valence electrons. The minimum atomic E-state index is 0.0466. The molecule has 0 radical (unpaired) electrons. The molecule has 1 aromatic carbocycles. The summed E-state index contributed by atoms with van der Waals surface area (Å²) in [6.07, 6.45) is 0.329. The van der Waals surface area contributed by atoms with Gasteiger partial charge in [0, 0.05) is 46.7 Å². The van der Waals surface area contributed by atoms with E-state index in [1.54, 1.807) is 16.8 Å². The molecule has 0 heterocycles. The summed E-state index contributed by atoms with van der Waals surface area (Å²) in [6.45, 7) is 9.23. The molecule has 0 bridgehead atoms. The lowest BCUT2D eigenvalue weighted by Crippen LogP contribution is -2.45. The van der Waals surface area contributed by atoms with E-state index in [1.807, 2.05) is 63.1 Å². The van der Waals surface area contributed by atoms with Crippen molar-refractivity contribution in [2.24, 2.45) is 4.99 Å². The summed E-state index contributed by atoms with van der Waals surface area (Å²) in [6, 6.07) is 9.91. The van der Waals surface area contributed by atoms with Crippen molar-refractivity contribution in [2.45, 2.75) is 33.7 Å². The van der Waals surface area contributed by atoms with E-state index < -0.39 is 0 Å². The largest absolute Gasteiger partial charge is 0.357 e. The smallest absolute Gasteiger partial charge is 0.242 e. The quantitative estimate of drug-likeness (QED) is 0.489. The number of carbonyl (C=O) groups excluding carboxylic acids is 2. The van der Waals surface area contributed by atoms with Crippen LogP contribution in [0.5, 0.6) is 0 Å². The Balaban J connectivity index is 2.58. The molecule has 1 N–H and O–H groups in total. The Hall–Kier alpha value is -2.57. The number of benzene rings is 1. The molecular weight excluding hydrogens is 354 g/mol. The minimum Gasteiger partial charge on any atom is -0.357 e. The lowest BCUT2D eigenvalue weighted by atomic mass is 10.2. The third kappa shape index (κ3) is 7.98. The lowest BCUT2D eigenvalue weighted by molar-refractivity contribution is -0.131. The Morgan fingerprint density at radius 3 is 2.18 bits per heavy atom. The number of carbonyl (C=O) groups is 2. The van der Waals surface area contributed by atoms with Gasteiger partial charge in [-0.3, -0.25) is 14.6 Å². The second-order valence-corrected chi connectivity index (χ2v) is 6.64. The summed E-state index contributed by atoms with van der Waals surface area (Å²) >= 11 is 0. The zero-order valence-electron chi connectivity index (χ0n) is 17.9. The fourth-order valence-corrected chi connectivity index (χ4v) is 2.82. The fraction of sp³-hybridized carbons (Fsp3) is 0.571. The number of hydrogen-bond donors (Lipinski definition) is 1. The number of amides is 2. The molecule has 0 unspecified atom stereocenters. The molecule has 2 amide bonds. The van der Waals surface area contributed by atoms with Crippen LogP contribution in [-0.2, 0) is 16.1 Å². The van der Waals surface area contributed by atoms with Crippen LogP contribution in [-0.4, -0.2) is 79.3 Å². The molecule has 0 aliphatic carbocycles. The number of nitrogens with one attached hydrogen (secondary N) is 1. The Bertz CT molecular complexity index is 629. The van der Waals surface area contributed by atoms with Gasteiger partial charge in [0.25, 0.3) is 0 Å². The standard InChI is InChI=1S/C21H35N5O2/c1-6-22-21(25(5)17-20(28)26(7-2)8-3)23-15-14-19(27)24(4)16-18-12-10-9-11-13-18/h9-13H,6-8,14-17H2,1-5H3,(H,22,23). The van der Waals surface area contributed by atoms with Gasteiger partial charge in [0.15, 0.2) is 5.96 Å². The zero-order chi connectivity index (χ0) is 20.9. The Labute approximate surface area is 169 Å². The van der Waals surface area contributed by atoms with E-state index in [1.165, 1.54) is 0 Å². The van der Waals surface area contributed by atoms with E-state index in [4.69, 9.17) is 0 Å². The number of rotatable bonds is 10. The van der Waals surface area contributed by atoms with Crippen molar-refractivity contribution in [3.63, 3.8) is 0 Å². The molecule has 28 heavy (non-hydrogen) atoms. The fourth-order valence-electron chi connectivity index (χ4n) is 2.82. The van der Waals surface area contributed by atoms with Crippen LogP contribution in [0.25, 0.3) is 0 Å². The highest BCUT2D eigenvalue weighted by Crippen LogP contribution is 2.04. The third-order valence-corrected chi connectivity index (χ3v) is 4.46. The first-order valence-electron chi connectivity index (χ1n) is 9.97. The minimum absolute atomic E-state index is 0.0466. The average molecular weight is 390 g/mol. The zero-order valence-corrected chi connectivity index (χ0v) is 17.9. The van der Waals surface area contributed by atoms with Crippen molar-refractivity contribution >= 4 is 17.8 Å². The SMILES string of the molecule is CCNC(=NCCC(=O)N(C)Cc1ccccc1)N(C)CC(=O)N(CC)CC. The summed E-state index contributed by atoms with van der Waals surface area (Å²) < 4.78 is 0. The molecule has 0 aliphatic rings. The van der Waals surface area contributed by atoms with Gasteiger partial charge in [-0.1, -0.05) is 30.3 Å². The first-order chi connectivity index (χ1) is 13.4. The molecule has 7 nitrogen and oxygen atoms in total. The van der Waals surface area contributed by atoms with Crippen molar-refractivity contribution in [1.82, 2.24) is 20.0 Å². The number of nitrogens with zero attached hydrogens (tertiary/aromatic N) is 4. The molecule has 0 aliphatic heterocycles. The van der Waals surface area contributed by atoms with Crippen molar-refractivity contribution in [3.8, 4) is 0 Å². The molecule has 0 fully saturated rings. The van der Waals surface area contributed by atoms with Crippen molar-refractivity contribution in [1.29, 1.82) is 0 Å². The van der Waals surface area contributed by atoms with E-state index >= 15 is 0 Å². The predicted octanol–water partition coefficient (Wildman–Crippen LogP) is 1.80. The van der Waals surface area contributed by atoms with Crippen LogP contribution in [0.15, 0.2) is 35.3 Å². The van der Waals surface area contributed by atoms with Gasteiger partial charge in [-0.2, -0.15) is 0 Å². The Morgan fingerprint density at radius 1 is 0.964 bits per heavy atom. The summed E-state index contributed by atoms with van der Waals surface area (Å²) in [5, 5.41) is 3.19. The highest BCUT2D eigenvalue weighted by atomic mass is 16.2. The monoisotopic (exact) mass is 389 g/mol. The van der Waals surface area contributed by atoms with Gasteiger partial charge in [-0.25, -0.2) is 0 Å². The second kappa shape index (κ2) is 12.8. The van der Waals surface area contributed by atoms with Gasteiger partial charge in [0.2, 0.25) is 11.8 Å². The molecule has 0 aromatic heterocycles. The van der Waals surface area contributed by atoms with Gasteiger partial charge in [-0.05, 0) is 26.3 Å². The highest BCUT2D eigenvalue weighted by Gasteiger charge is 2.15. The van der Waals surface area contributed by atoms with Crippen LogP contribution in [0.2, 0.25) is 0 Å². The van der Waals surface area contributed by atoms with Crippen molar-refractivity contribution in [2.75, 3.05) is 46.8 Å². The molecule has 0 spiro atoms. The summed E-state index contributed by atoms with van der Waals surface area (Å²) in [5.41, 5.74) is 1.10. The molecule has 0 saturated carbocycles. The molecule has 1 aromatic rings. The predicted molar refractivity (Wildman–Crippen MR) is 114 cm³/mol. The van der Waals surface area contributed by atoms with E-state index in [2.05, 4.69) is 10.3 Å². The van der Waals surface area contributed by atoms with Crippen LogP contribution in [0.4, 0.5) is 0 Å². The lowest BCUT2D eigenvalue weighted by Gasteiger charge is -2.25. The number of hydrogen-bond acceptors (Lipinski definition) is 3. The van der Waals surface area contributed by atoms with Gasteiger partial charge < -0.3 is 20.0 Å². The van der Waals surface area contributed by atoms with E-state index in [0.29, 0.717) is 45.1 Å². The topological polar surface area (TPSA) is 68.2 Å². The summed E-state index contributed by atoms with van der Waals surface area (Å²) in [7, 11) is 3.64. The Morgan fingerprint density at radius 2 is 1.61 bits per heavy atom. The van der Waals surface area contributed by atoms with Crippen LogP contribution in [0.3, 0.4) is 0 Å². The van der Waals surface area contributed by atoms with Crippen LogP contribution in [0, 0.1) is 0 Å². The van der Waals surface area contributed by atoms with E-state index in [0.717, 1.165) is 5.56 Å². The molecular formula is C21H35N5O2. The molecule has 0 atom stereocenters. The maximum atomic E-state index is 12.4. The van der Waals surface area contributed by atoms with Gasteiger partial charge >= 0.3 is 0 Å². The third-order valence-electron chi connectivity index (χ3n) is 4.46. The first kappa shape index (κ1) is 23.5. The molecule has 0 saturated heterocycles. The number of likely N-dealkylation sites (N-methyl/N-ethyl adjacent to an activating group) is 2. The van der Waals surface area contributed by atoms with Crippen molar-refractivity contribution in [3.05, 3.63) is 35.9 Å². The van der Waals surface area contributed by atoms with E-state index in [9.17, 15) is 9.59 Å². The number of aliphatic imine (C=N–C) groups is 1.